The lowest BCUT2D eigenvalue weighted by atomic mass is 9.88. The van der Waals surface area contributed by atoms with Gasteiger partial charge in [0.1, 0.15) is 17.2 Å². The highest BCUT2D eigenvalue weighted by atomic mass is 16.5. The lowest BCUT2D eigenvalue weighted by Crippen LogP contribution is -2.39. The summed E-state index contributed by atoms with van der Waals surface area (Å²) in [4.78, 5) is 28.7. The van der Waals surface area contributed by atoms with E-state index in [4.69, 9.17) is 4.74 Å². The molecule has 1 aromatic heterocycles. The molecule has 1 aliphatic rings. The molecule has 0 aliphatic heterocycles. The highest BCUT2D eigenvalue weighted by molar-refractivity contribution is 5.99. The van der Waals surface area contributed by atoms with Crippen LogP contribution in [0.5, 0.6) is 11.5 Å². The summed E-state index contributed by atoms with van der Waals surface area (Å²) in [7, 11) is 3.37. The second-order valence-electron chi connectivity index (χ2n) is 7.70. The molecule has 2 amide bonds. The molecule has 0 bridgehead atoms. The van der Waals surface area contributed by atoms with Crippen molar-refractivity contribution in [3.05, 3.63) is 83.2 Å². The van der Waals surface area contributed by atoms with E-state index in [1.807, 2.05) is 43.4 Å². The van der Waals surface area contributed by atoms with E-state index in [9.17, 15) is 9.59 Å². The second-order valence-corrected chi connectivity index (χ2v) is 7.70. The zero-order valence-electron chi connectivity index (χ0n) is 18.1. The Balaban J connectivity index is 1.46. The van der Waals surface area contributed by atoms with Crippen LogP contribution >= 0.6 is 0 Å². The minimum absolute atomic E-state index is 0.0518. The van der Waals surface area contributed by atoms with Gasteiger partial charge in [-0.3, -0.25) is 14.6 Å². The third-order valence-corrected chi connectivity index (χ3v) is 5.61. The second kappa shape index (κ2) is 9.51. The fourth-order valence-electron chi connectivity index (χ4n) is 3.95. The van der Waals surface area contributed by atoms with Crippen molar-refractivity contribution in [2.45, 2.75) is 25.3 Å². The van der Waals surface area contributed by atoms with Gasteiger partial charge in [-0.1, -0.05) is 18.2 Å². The number of aromatic nitrogens is 1. The number of pyridine rings is 1. The molecule has 1 heterocycles. The van der Waals surface area contributed by atoms with Crippen LogP contribution in [0, 0.1) is 0 Å². The molecule has 1 unspecified atom stereocenters. The van der Waals surface area contributed by atoms with Gasteiger partial charge in [0.2, 0.25) is 0 Å². The molecule has 32 heavy (non-hydrogen) atoms. The lowest BCUT2D eigenvalue weighted by molar-refractivity contribution is 0.0932. The number of benzene rings is 2. The molecule has 0 saturated heterocycles. The molecule has 0 fully saturated rings. The number of para-hydroxylation sites is 1. The predicted molar refractivity (Wildman–Crippen MR) is 123 cm³/mol. The topological polar surface area (TPSA) is 92.4 Å². The van der Waals surface area contributed by atoms with Crippen LogP contribution in [0.1, 0.15) is 38.4 Å². The van der Waals surface area contributed by atoms with Crippen molar-refractivity contribution >= 4 is 17.5 Å². The van der Waals surface area contributed by atoms with E-state index >= 15 is 0 Å². The number of hydrogen-bond acceptors (Lipinski definition) is 5. The fourth-order valence-corrected chi connectivity index (χ4v) is 3.95. The summed E-state index contributed by atoms with van der Waals surface area (Å²) in [6.45, 7) is 0. The number of rotatable bonds is 6. The molecule has 0 radical (unpaired) electrons. The average molecular weight is 431 g/mol. The highest BCUT2D eigenvalue weighted by Crippen LogP contribution is 2.29. The lowest BCUT2D eigenvalue weighted by Gasteiger charge is -2.26. The maximum atomic E-state index is 12.8. The number of fused-ring (bicyclic) bond motifs is 1. The third-order valence-electron chi connectivity index (χ3n) is 5.61. The first-order chi connectivity index (χ1) is 15.6. The first kappa shape index (κ1) is 21.4. The largest absolute Gasteiger partial charge is 0.457 e. The number of aryl methyl sites for hydroxylation is 1. The van der Waals surface area contributed by atoms with Crippen molar-refractivity contribution in [2.75, 3.05) is 19.4 Å². The Kier molecular flexibility index (Phi) is 6.35. The van der Waals surface area contributed by atoms with Crippen LogP contribution < -0.4 is 20.7 Å². The van der Waals surface area contributed by atoms with Gasteiger partial charge in [-0.15, -0.1) is 0 Å². The van der Waals surface area contributed by atoms with Gasteiger partial charge in [0.25, 0.3) is 11.8 Å². The van der Waals surface area contributed by atoms with Crippen LogP contribution in [0.4, 0.5) is 5.69 Å². The molecule has 4 rings (SSSR count). The van der Waals surface area contributed by atoms with Crippen molar-refractivity contribution in [1.82, 2.24) is 15.6 Å². The SMILES string of the molecule is CNC(=O)c1cc(Oc2ccc3c(c2)CC(NC(=O)c2ccccc2NC)CC3)ccn1. The molecule has 7 nitrogen and oxygen atoms in total. The zero-order valence-corrected chi connectivity index (χ0v) is 18.1. The number of hydrogen-bond donors (Lipinski definition) is 3. The van der Waals surface area contributed by atoms with Gasteiger partial charge < -0.3 is 20.7 Å². The summed E-state index contributed by atoms with van der Waals surface area (Å²) in [6.07, 6.45) is 4.07. The van der Waals surface area contributed by atoms with Crippen molar-refractivity contribution < 1.29 is 14.3 Å². The Morgan fingerprint density at radius 2 is 1.78 bits per heavy atom. The van der Waals surface area contributed by atoms with E-state index in [0.717, 1.165) is 30.5 Å². The summed E-state index contributed by atoms with van der Waals surface area (Å²) in [5, 5.41) is 8.80. The number of ether oxygens (including phenoxy) is 1. The van der Waals surface area contributed by atoms with Gasteiger partial charge in [0, 0.05) is 38.1 Å². The van der Waals surface area contributed by atoms with E-state index in [1.54, 1.807) is 25.4 Å². The van der Waals surface area contributed by atoms with Gasteiger partial charge in [0.05, 0.1) is 5.56 Å². The molecule has 3 aromatic rings. The minimum Gasteiger partial charge on any atom is -0.457 e. The molecule has 2 aromatic carbocycles. The number of nitrogens with zero attached hydrogens (tertiary/aromatic N) is 1. The van der Waals surface area contributed by atoms with E-state index < -0.39 is 0 Å². The smallest absolute Gasteiger partial charge is 0.269 e. The molecule has 164 valence electrons. The van der Waals surface area contributed by atoms with Gasteiger partial charge in [-0.25, -0.2) is 0 Å². The highest BCUT2D eigenvalue weighted by Gasteiger charge is 2.22. The number of anilines is 1. The number of amides is 2. The van der Waals surface area contributed by atoms with E-state index in [2.05, 4.69) is 27.0 Å². The Bertz CT molecular complexity index is 1150. The summed E-state index contributed by atoms with van der Waals surface area (Å²) < 4.78 is 5.98. The predicted octanol–water partition coefficient (Wildman–Crippen LogP) is 3.56. The quantitative estimate of drug-likeness (QED) is 0.556. The number of carbonyl (C=O) groups excluding carboxylic acids is 2. The summed E-state index contributed by atoms with van der Waals surface area (Å²) in [5.74, 6) is 0.891. The molecule has 7 heteroatoms. The zero-order chi connectivity index (χ0) is 22.5. The molecule has 1 aliphatic carbocycles. The molecule has 0 saturated carbocycles. The van der Waals surface area contributed by atoms with E-state index in [1.165, 1.54) is 5.56 Å². The Labute approximate surface area is 187 Å². The molecular formula is C25H26N4O3. The molecule has 3 N–H and O–H groups in total. The van der Waals surface area contributed by atoms with Crippen LogP contribution in [-0.4, -0.2) is 36.9 Å². The van der Waals surface area contributed by atoms with Crippen LogP contribution in [0.3, 0.4) is 0 Å². The van der Waals surface area contributed by atoms with Crippen molar-refractivity contribution in [3.8, 4) is 11.5 Å². The van der Waals surface area contributed by atoms with Gasteiger partial charge >= 0.3 is 0 Å². The van der Waals surface area contributed by atoms with Gasteiger partial charge in [-0.05, 0) is 60.7 Å². The number of nitrogens with one attached hydrogen (secondary N) is 3. The third kappa shape index (κ3) is 4.72. The Hall–Kier alpha value is -3.87. The first-order valence-corrected chi connectivity index (χ1v) is 10.6. The van der Waals surface area contributed by atoms with Crippen LogP contribution in [-0.2, 0) is 12.8 Å². The van der Waals surface area contributed by atoms with Crippen LogP contribution in [0.2, 0.25) is 0 Å². The Morgan fingerprint density at radius 3 is 2.59 bits per heavy atom. The molecule has 0 spiro atoms. The minimum atomic E-state index is -0.265. The van der Waals surface area contributed by atoms with Gasteiger partial charge in [0.15, 0.2) is 0 Å². The molecule has 1 atom stereocenters. The summed E-state index contributed by atoms with van der Waals surface area (Å²) >= 11 is 0. The summed E-state index contributed by atoms with van der Waals surface area (Å²) in [5.41, 5.74) is 4.17. The van der Waals surface area contributed by atoms with Gasteiger partial charge in [-0.2, -0.15) is 0 Å². The van der Waals surface area contributed by atoms with Crippen LogP contribution in [0.15, 0.2) is 60.8 Å². The first-order valence-electron chi connectivity index (χ1n) is 10.6. The summed E-state index contributed by atoms with van der Waals surface area (Å²) in [6, 6.07) is 16.9. The maximum Gasteiger partial charge on any atom is 0.269 e. The molecular weight excluding hydrogens is 404 g/mol. The monoisotopic (exact) mass is 430 g/mol. The maximum absolute atomic E-state index is 12.8. The normalized spacial score (nSPS) is 14.8. The van der Waals surface area contributed by atoms with Crippen molar-refractivity contribution in [3.63, 3.8) is 0 Å². The van der Waals surface area contributed by atoms with E-state index in [0.29, 0.717) is 22.8 Å². The van der Waals surface area contributed by atoms with Crippen molar-refractivity contribution in [2.24, 2.45) is 0 Å². The Morgan fingerprint density at radius 1 is 0.969 bits per heavy atom. The van der Waals surface area contributed by atoms with E-state index in [-0.39, 0.29) is 17.9 Å². The fraction of sp³-hybridized carbons (Fsp3) is 0.240. The number of carbonyl (C=O) groups is 2. The standard InChI is InChI=1S/C25H26N4O3/c1-26-22-6-4-3-5-21(22)24(30)29-18-9-7-16-8-10-19(14-17(16)13-18)32-20-11-12-28-23(15-20)25(31)27-2/h3-6,8,10-12,14-15,18,26H,7,9,13H2,1-2H3,(H,27,31)(H,29,30). The average Bonchev–Trinajstić information content (AvgIpc) is 2.83. The van der Waals surface area contributed by atoms with Crippen LogP contribution in [0.25, 0.3) is 0 Å². The van der Waals surface area contributed by atoms with Crippen molar-refractivity contribution in [1.29, 1.82) is 0 Å².